The number of aromatic amines is 2. The van der Waals surface area contributed by atoms with Gasteiger partial charge in [0, 0.05) is 22.5 Å². The first kappa shape index (κ1) is 116. The summed E-state index contributed by atoms with van der Waals surface area (Å²) in [6.45, 7) is 17.4. The van der Waals surface area contributed by atoms with Crippen LogP contribution in [0.3, 0.4) is 0 Å². The maximum atomic E-state index is 14.6. The summed E-state index contributed by atoms with van der Waals surface area (Å²) < 4.78 is 41.2. The van der Waals surface area contributed by atoms with Crippen molar-refractivity contribution < 1.29 is 38.0 Å². The Morgan fingerprint density at radius 3 is 0.481 bits per heavy atom. The molecule has 10 nitrogen and oxygen atoms in total. The summed E-state index contributed by atoms with van der Waals surface area (Å²) in [6, 6.07) is 15.9. The quantitative estimate of drug-likeness (QED) is 0.0255. The SMILES string of the molecule is CCCCCCCCCCCCCCCCOc1cc(-c2ccc(C(=O)CC(=O)c3ccc(-c4cc(OCCCCCCCCCCCCCCCC)c(OCCCCCCCCCCCCCCCC)c(OCCCCCCCCCCCCCCCC)c4)[nH]3)[nH]2)cc(OCCCCCCCCCCCCCCCC)c1OCCCCCCCCCCCCCCCC. The lowest BCUT2D eigenvalue weighted by Crippen LogP contribution is -2.09. The highest BCUT2D eigenvalue weighted by atomic mass is 16.5. The van der Waals surface area contributed by atoms with Crippen molar-refractivity contribution in [2.24, 2.45) is 0 Å². The van der Waals surface area contributed by atoms with Crippen LogP contribution in [0.2, 0.25) is 0 Å². The van der Waals surface area contributed by atoms with Crippen molar-refractivity contribution in [3.05, 3.63) is 59.9 Å². The Hall–Kier alpha value is -4.86. The molecule has 2 N–H and O–H groups in total. The minimum Gasteiger partial charge on any atom is -0.490 e. The van der Waals surface area contributed by atoms with E-state index in [9.17, 15) is 9.59 Å². The van der Waals surface area contributed by atoms with Gasteiger partial charge in [0.15, 0.2) is 34.6 Å². The Morgan fingerprint density at radius 1 is 0.186 bits per heavy atom. The second-order valence-electron chi connectivity index (χ2n) is 39.9. The molecule has 0 fully saturated rings. The second-order valence-corrected chi connectivity index (χ2v) is 39.9. The van der Waals surface area contributed by atoms with Gasteiger partial charge in [0.2, 0.25) is 11.5 Å². The maximum absolute atomic E-state index is 14.6. The Kier molecular flexibility index (Phi) is 79.8. The zero-order chi connectivity index (χ0) is 91.7. The van der Waals surface area contributed by atoms with Crippen LogP contribution in [0.4, 0.5) is 0 Å². The maximum Gasteiger partial charge on any atom is 0.203 e. The molecule has 4 aromatic rings. The number of ketones is 2. The smallest absolute Gasteiger partial charge is 0.203 e. The van der Waals surface area contributed by atoms with Gasteiger partial charge in [0.1, 0.15) is 0 Å². The average molecular weight is 1800 g/mol. The van der Waals surface area contributed by atoms with Crippen molar-refractivity contribution in [2.45, 2.75) is 587 Å². The molecule has 0 spiro atoms. The highest BCUT2D eigenvalue weighted by Crippen LogP contribution is 2.45. The normalized spacial score (nSPS) is 11.6. The summed E-state index contributed by atoms with van der Waals surface area (Å²) in [5.41, 5.74) is 4.05. The average Bonchev–Trinajstić information content (AvgIpc) is 1.75. The summed E-state index contributed by atoms with van der Waals surface area (Å²) >= 11 is 0. The molecule has 0 bridgehead atoms. The number of carbonyl (C=O) groups excluding carboxylic acids is 2. The van der Waals surface area contributed by atoms with E-state index < -0.39 is 0 Å². The van der Waals surface area contributed by atoms with E-state index in [0.29, 0.717) is 85.5 Å². The fourth-order valence-electron chi connectivity index (χ4n) is 18.8. The van der Waals surface area contributed by atoms with Crippen LogP contribution >= 0.6 is 0 Å². The molecule has 2 heterocycles. The Balaban J connectivity index is 1.56. The number of Topliss-reactive ketones (excluding diaryl/α,β-unsaturated/α-hetero) is 2. The van der Waals surface area contributed by atoms with Crippen molar-refractivity contribution in [1.29, 1.82) is 0 Å². The molecule has 0 amide bonds. The van der Waals surface area contributed by atoms with Crippen molar-refractivity contribution in [3.8, 4) is 57.0 Å². The summed E-state index contributed by atoms with van der Waals surface area (Å²) in [5, 5.41) is 0. The third-order valence-electron chi connectivity index (χ3n) is 27.5. The van der Waals surface area contributed by atoms with Gasteiger partial charge in [-0.25, -0.2) is 0 Å². The number of unbranched alkanes of at least 4 members (excludes halogenated alkanes) is 78. The van der Waals surface area contributed by atoms with Gasteiger partial charge >= 0.3 is 0 Å². The van der Waals surface area contributed by atoms with Crippen molar-refractivity contribution >= 4 is 11.6 Å². The highest BCUT2D eigenvalue weighted by Gasteiger charge is 2.24. The number of hydrogen-bond acceptors (Lipinski definition) is 8. The van der Waals surface area contributed by atoms with Crippen LogP contribution in [0.5, 0.6) is 34.5 Å². The Labute approximate surface area is 798 Å². The van der Waals surface area contributed by atoms with E-state index in [1.165, 1.54) is 462 Å². The zero-order valence-electron chi connectivity index (χ0n) is 86.2. The third kappa shape index (κ3) is 64.7. The summed E-state index contributed by atoms with van der Waals surface area (Å²) in [5.74, 6) is 3.62. The number of hydrogen-bond donors (Lipinski definition) is 2. The van der Waals surface area contributed by atoms with E-state index in [-0.39, 0.29) is 18.0 Å². The monoisotopic (exact) mass is 1800 g/mol. The van der Waals surface area contributed by atoms with Gasteiger partial charge < -0.3 is 38.4 Å². The van der Waals surface area contributed by atoms with Crippen molar-refractivity contribution in [1.82, 2.24) is 9.97 Å². The number of ether oxygens (including phenoxy) is 6. The summed E-state index contributed by atoms with van der Waals surface area (Å²) in [4.78, 5) is 36.1. The number of nitrogens with one attached hydrogen (secondary N) is 2. The molecule has 129 heavy (non-hydrogen) atoms. The number of rotatable bonds is 102. The van der Waals surface area contributed by atoms with Gasteiger partial charge in [0.05, 0.1) is 57.4 Å². The van der Waals surface area contributed by atoms with Gasteiger partial charge in [0.25, 0.3) is 0 Å². The molecule has 744 valence electrons. The molecule has 0 saturated heterocycles. The van der Waals surface area contributed by atoms with E-state index in [4.69, 9.17) is 28.4 Å². The minimum absolute atomic E-state index is 0.266. The molecule has 0 aliphatic carbocycles. The lowest BCUT2D eigenvalue weighted by atomic mass is 10.0. The van der Waals surface area contributed by atoms with Crippen LogP contribution in [0.15, 0.2) is 48.5 Å². The number of aromatic nitrogens is 2. The minimum atomic E-state index is -0.291. The Bertz CT molecular complexity index is 2780. The van der Waals surface area contributed by atoms with Crippen LogP contribution in [-0.2, 0) is 0 Å². The van der Waals surface area contributed by atoms with Crippen molar-refractivity contribution in [3.63, 3.8) is 0 Å². The first-order valence-electron chi connectivity index (χ1n) is 57.4. The zero-order valence-corrected chi connectivity index (χ0v) is 86.2. The highest BCUT2D eigenvalue weighted by molar-refractivity contribution is 6.12. The third-order valence-corrected chi connectivity index (χ3v) is 27.5. The predicted molar refractivity (Wildman–Crippen MR) is 561 cm³/mol. The lowest BCUT2D eigenvalue weighted by Gasteiger charge is -2.19. The largest absolute Gasteiger partial charge is 0.490 e. The van der Waals surface area contributed by atoms with Crippen LogP contribution in [0, 0.1) is 0 Å². The standard InChI is InChI=1S/C119H210N2O8/c1-7-13-19-25-31-37-43-49-55-61-67-73-79-85-95-124-114-101-106(102-115(125-96-86-80-74-68-62-56-50-44-38-32-26-20-14-8-2)118(114)128-99-89-83-77-71-65-59-53-47-41-35-29-23-17-11-5)108-91-93-110(120-108)112(122)105-113(123)111-94-92-109(121-111)107-103-116(126-97-87-81-75-69-63-57-51-45-39-33-27-21-15-9-3)119(129-100-90-84-78-72-66-60-54-48-42-36-30-24-18-12-6)117(104-107)127-98-88-82-76-70-64-58-52-46-40-34-28-22-16-10-4/h91-94,101-104,120-121H,7-90,95-100,105H2,1-6H3. The van der Waals surface area contributed by atoms with Gasteiger partial charge in [-0.15, -0.1) is 0 Å². The van der Waals surface area contributed by atoms with E-state index >= 15 is 0 Å². The second kappa shape index (κ2) is 88.4. The molecule has 4 rings (SSSR count). The lowest BCUT2D eigenvalue weighted by molar-refractivity contribution is 0.0889. The summed E-state index contributed by atoms with van der Waals surface area (Å²) in [6.07, 6.45) is 110. The van der Waals surface area contributed by atoms with E-state index in [1.807, 2.05) is 24.3 Å². The number of carbonyl (C=O) groups is 2. The summed E-state index contributed by atoms with van der Waals surface area (Å²) in [7, 11) is 0. The molecule has 2 aromatic carbocycles. The Morgan fingerprint density at radius 2 is 0.326 bits per heavy atom. The first-order valence-corrected chi connectivity index (χ1v) is 57.4. The topological polar surface area (TPSA) is 121 Å². The molecule has 0 aliphatic rings. The van der Waals surface area contributed by atoms with Gasteiger partial charge in [-0.05, 0) is 87.1 Å². The molecule has 2 aromatic heterocycles. The fraction of sp³-hybridized carbons (Fsp3) is 0.815. The van der Waals surface area contributed by atoms with E-state index in [0.717, 1.165) is 99.6 Å². The van der Waals surface area contributed by atoms with Crippen LogP contribution in [-0.4, -0.2) is 61.2 Å². The van der Waals surface area contributed by atoms with Gasteiger partial charge in [-0.2, -0.15) is 0 Å². The molecule has 0 unspecified atom stereocenters. The van der Waals surface area contributed by atoms with Crippen LogP contribution in [0.25, 0.3) is 22.5 Å². The molecular weight excluding hydrogens is 1590 g/mol. The number of H-pyrrole nitrogens is 2. The fourth-order valence-corrected chi connectivity index (χ4v) is 18.8. The van der Waals surface area contributed by atoms with Gasteiger partial charge in [-0.3, -0.25) is 9.59 Å². The predicted octanol–water partition coefficient (Wildman–Crippen LogP) is 40.3. The first-order chi connectivity index (χ1) is 63.9. The molecular formula is C119H210N2O8. The molecule has 0 radical (unpaired) electrons. The van der Waals surface area contributed by atoms with Crippen LogP contribution in [0.1, 0.15) is 608 Å². The van der Waals surface area contributed by atoms with Gasteiger partial charge in [-0.1, -0.05) is 542 Å². The molecule has 0 atom stereocenters. The van der Waals surface area contributed by atoms with E-state index in [1.54, 1.807) is 0 Å². The number of benzene rings is 2. The molecule has 0 saturated carbocycles. The van der Waals surface area contributed by atoms with Crippen LogP contribution < -0.4 is 28.4 Å². The van der Waals surface area contributed by atoms with Crippen molar-refractivity contribution in [2.75, 3.05) is 39.6 Å². The molecule has 0 aliphatic heterocycles. The molecule has 10 heteroatoms. The van der Waals surface area contributed by atoms with E-state index in [2.05, 4.69) is 75.8 Å².